The minimum absolute atomic E-state index is 0. The van der Waals surface area contributed by atoms with Crippen molar-refractivity contribution in [3.63, 3.8) is 0 Å². The molecular weight excluding hydrogens is 460 g/mol. The number of nitrogens with one attached hydrogen (secondary N) is 2. The third-order valence-corrected chi connectivity index (χ3v) is 5.44. The van der Waals surface area contributed by atoms with E-state index >= 15 is 0 Å². The molecule has 1 unspecified atom stereocenters. The van der Waals surface area contributed by atoms with Gasteiger partial charge in [-0.05, 0) is 43.6 Å². The Labute approximate surface area is 171 Å². The van der Waals surface area contributed by atoms with Crippen molar-refractivity contribution in [3.05, 3.63) is 0 Å². The molecule has 26 heavy (non-hydrogen) atoms. The van der Waals surface area contributed by atoms with Crippen molar-refractivity contribution in [2.24, 2.45) is 16.3 Å². The number of hydrogen-bond acceptors (Lipinski definition) is 3. The zero-order chi connectivity index (χ0) is 18.3. The monoisotopic (exact) mass is 492 g/mol. The summed E-state index contributed by atoms with van der Waals surface area (Å²) < 4.78 is 42.6. The molecule has 1 atom stereocenters. The van der Waals surface area contributed by atoms with Gasteiger partial charge in [-0.25, -0.2) is 0 Å². The van der Waals surface area contributed by atoms with Crippen molar-refractivity contribution in [2.75, 3.05) is 53.5 Å². The Morgan fingerprint density at radius 2 is 2.04 bits per heavy atom. The second kappa shape index (κ2) is 10.9. The predicted molar refractivity (Wildman–Crippen MR) is 108 cm³/mol. The maximum absolute atomic E-state index is 12.4. The van der Waals surface area contributed by atoms with Crippen LogP contribution in [0.4, 0.5) is 13.2 Å². The predicted octanol–water partition coefficient (Wildman–Crippen LogP) is 2.86. The largest absolute Gasteiger partial charge is 0.401 e. The van der Waals surface area contributed by atoms with Crippen LogP contribution in [0, 0.1) is 11.3 Å². The molecule has 154 valence electrons. The lowest BCUT2D eigenvalue weighted by molar-refractivity contribution is -0.143. The van der Waals surface area contributed by atoms with Crippen LogP contribution >= 0.6 is 24.0 Å². The van der Waals surface area contributed by atoms with Gasteiger partial charge in [0.05, 0.1) is 6.54 Å². The highest BCUT2D eigenvalue weighted by Gasteiger charge is 2.37. The van der Waals surface area contributed by atoms with E-state index in [1.807, 2.05) is 0 Å². The maximum Gasteiger partial charge on any atom is 0.401 e. The van der Waals surface area contributed by atoms with Gasteiger partial charge in [0.15, 0.2) is 5.96 Å². The maximum atomic E-state index is 12.4. The van der Waals surface area contributed by atoms with Gasteiger partial charge in [-0.1, -0.05) is 6.42 Å². The number of likely N-dealkylation sites (tertiary alicyclic amines) is 1. The van der Waals surface area contributed by atoms with Gasteiger partial charge in [0, 0.05) is 40.4 Å². The zero-order valence-electron chi connectivity index (χ0n) is 15.7. The van der Waals surface area contributed by atoms with Crippen LogP contribution in [-0.2, 0) is 4.74 Å². The highest BCUT2D eigenvalue weighted by Crippen LogP contribution is 2.43. The van der Waals surface area contributed by atoms with Crippen LogP contribution < -0.4 is 10.6 Å². The SMILES string of the molecule is CN=C(NCC1CCN(CC(F)(F)F)C1)NCC1(CCOC)CCC1.I. The molecule has 2 rings (SSSR count). The fourth-order valence-electron chi connectivity index (χ4n) is 3.72. The summed E-state index contributed by atoms with van der Waals surface area (Å²) in [5, 5.41) is 6.66. The Kier molecular flexibility index (Phi) is 9.95. The second-order valence-corrected chi connectivity index (χ2v) is 7.41. The molecule has 0 aromatic rings. The van der Waals surface area contributed by atoms with Crippen molar-refractivity contribution < 1.29 is 17.9 Å². The summed E-state index contributed by atoms with van der Waals surface area (Å²) in [4.78, 5) is 5.72. The lowest BCUT2D eigenvalue weighted by atomic mass is 9.67. The average molecular weight is 492 g/mol. The summed E-state index contributed by atoms with van der Waals surface area (Å²) in [6.45, 7) is 2.47. The molecule has 0 spiro atoms. The molecule has 1 aliphatic heterocycles. The number of alkyl halides is 3. The Morgan fingerprint density at radius 1 is 1.31 bits per heavy atom. The molecule has 9 heteroatoms. The molecule has 0 bridgehead atoms. The first-order valence-corrected chi connectivity index (χ1v) is 9.08. The first-order valence-electron chi connectivity index (χ1n) is 9.08. The highest BCUT2D eigenvalue weighted by atomic mass is 127. The molecule has 2 fully saturated rings. The molecule has 2 N–H and O–H groups in total. The number of rotatable bonds is 8. The minimum atomic E-state index is -4.11. The van der Waals surface area contributed by atoms with Gasteiger partial charge in [0.1, 0.15) is 0 Å². The zero-order valence-corrected chi connectivity index (χ0v) is 18.0. The topological polar surface area (TPSA) is 48.9 Å². The van der Waals surface area contributed by atoms with Crippen LogP contribution in [0.2, 0.25) is 0 Å². The number of nitrogens with zero attached hydrogens (tertiary/aromatic N) is 2. The van der Waals surface area contributed by atoms with Crippen molar-refractivity contribution in [1.29, 1.82) is 0 Å². The number of ether oxygens (including phenoxy) is 1. The molecular formula is C17H32F3IN4O. The first-order chi connectivity index (χ1) is 11.9. The van der Waals surface area contributed by atoms with Crippen LogP contribution in [0.15, 0.2) is 4.99 Å². The van der Waals surface area contributed by atoms with E-state index in [0.717, 1.165) is 32.0 Å². The van der Waals surface area contributed by atoms with Crippen molar-refractivity contribution in [3.8, 4) is 0 Å². The van der Waals surface area contributed by atoms with Crippen molar-refractivity contribution in [2.45, 2.75) is 38.3 Å². The molecule has 0 amide bonds. The molecule has 0 radical (unpaired) electrons. The van der Waals surface area contributed by atoms with Gasteiger partial charge in [-0.3, -0.25) is 9.89 Å². The second-order valence-electron chi connectivity index (χ2n) is 7.41. The number of guanidine groups is 1. The quantitative estimate of drug-likeness (QED) is 0.311. The number of methoxy groups -OCH3 is 1. The standard InChI is InChI=1S/C17H31F3N4O.HI/c1-21-15(23-12-16(5-3-6-16)7-9-25-2)22-10-14-4-8-24(11-14)13-17(18,19)20;/h14H,3-13H2,1-2H3,(H2,21,22,23);1H. The normalized spacial score (nSPS) is 23.3. The Balaban J connectivity index is 0.00000338. The minimum Gasteiger partial charge on any atom is -0.385 e. The number of hydrogen-bond donors (Lipinski definition) is 2. The van der Waals surface area contributed by atoms with Crippen LogP contribution in [-0.4, -0.2) is 70.5 Å². The summed E-state index contributed by atoms with van der Waals surface area (Å²) >= 11 is 0. The van der Waals surface area contributed by atoms with E-state index in [1.165, 1.54) is 24.2 Å². The number of halogens is 4. The van der Waals surface area contributed by atoms with Gasteiger partial charge in [-0.2, -0.15) is 13.2 Å². The summed E-state index contributed by atoms with van der Waals surface area (Å²) in [6, 6.07) is 0. The van der Waals surface area contributed by atoms with Gasteiger partial charge in [0.25, 0.3) is 0 Å². The number of aliphatic imine (C=N–C) groups is 1. The van der Waals surface area contributed by atoms with Gasteiger partial charge < -0.3 is 15.4 Å². The molecule has 1 saturated heterocycles. The lowest BCUT2D eigenvalue weighted by Gasteiger charge is -2.42. The molecule has 5 nitrogen and oxygen atoms in total. The van der Waals surface area contributed by atoms with E-state index < -0.39 is 12.7 Å². The molecule has 0 aromatic carbocycles. The van der Waals surface area contributed by atoms with Crippen molar-refractivity contribution >= 4 is 29.9 Å². The van der Waals surface area contributed by atoms with Crippen LogP contribution in [0.3, 0.4) is 0 Å². The fourth-order valence-corrected chi connectivity index (χ4v) is 3.72. The first kappa shape index (κ1) is 23.7. The van der Waals surface area contributed by atoms with Crippen molar-refractivity contribution in [1.82, 2.24) is 15.5 Å². The third-order valence-electron chi connectivity index (χ3n) is 5.44. The van der Waals surface area contributed by atoms with Crippen LogP contribution in [0.5, 0.6) is 0 Å². The van der Waals surface area contributed by atoms with E-state index in [9.17, 15) is 13.2 Å². The van der Waals surface area contributed by atoms with Crippen LogP contribution in [0.1, 0.15) is 32.1 Å². The van der Waals surface area contributed by atoms with Gasteiger partial charge in [-0.15, -0.1) is 24.0 Å². The fraction of sp³-hybridized carbons (Fsp3) is 0.941. The lowest BCUT2D eigenvalue weighted by Crippen LogP contribution is -2.47. The highest BCUT2D eigenvalue weighted by molar-refractivity contribution is 14.0. The average Bonchev–Trinajstić information content (AvgIpc) is 2.94. The molecule has 1 heterocycles. The van der Waals surface area contributed by atoms with Gasteiger partial charge >= 0.3 is 6.18 Å². The third kappa shape index (κ3) is 7.75. The van der Waals surface area contributed by atoms with Crippen LogP contribution in [0.25, 0.3) is 0 Å². The summed E-state index contributed by atoms with van der Waals surface area (Å²) in [5.41, 5.74) is 0.296. The Hall–Kier alpha value is -0.290. The molecule has 0 aromatic heterocycles. The Morgan fingerprint density at radius 3 is 2.58 bits per heavy atom. The molecule has 2 aliphatic rings. The Bertz CT molecular complexity index is 444. The summed E-state index contributed by atoms with van der Waals surface area (Å²) in [6.07, 6.45) is 1.39. The van der Waals surface area contributed by atoms with Gasteiger partial charge in [0.2, 0.25) is 0 Å². The van der Waals surface area contributed by atoms with E-state index in [2.05, 4.69) is 15.6 Å². The van der Waals surface area contributed by atoms with E-state index in [-0.39, 0.29) is 29.9 Å². The smallest absolute Gasteiger partial charge is 0.385 e. The van der Waals surface area contributed by atoms with E-state index in [0.29, 0.717) is 25.0 Å². The summed E-state index contributed by atoms with van der Waals surface area (Å²) in [5.74, 6) is 0.963. The molecule has 1 saturated carbocycles. The summed E-state index contributed by atoms with van der Waals surface area (Å²) in [7, 11) is 3.45. The molecule has 1 aliphatic carbocycles. The van der Waals surface area contributed by atoms with E-state index in [1.54, 1.807) is 14.2 Å². The van der Waals surface area contributed by atoms with E-state index in [4.69, 9.17) is 4.74 Å².